The molecule has 0 saturated carbocycles. The Labute approximate surface area is 120 Å². The Hall–Kier alpha value is -1.14. The van der Waals surface area contributed by atoms with Crippen LogP contribution in [-0.2, 0) is 10.0 Å². The second-order valence-electron chi connectivity index (χ2n) is 5.12. The molecule has 0 amide bonds. The maximum atomic E-state index is 13.3. The van der Waals surface area contributed by atoms with E-state index in [2.05, 4.69) is 5.32 Å². The van der Waals surface area contributed by atoms with Gasteiger partial charge >= 0.3 is 0 Å². The van der Waals surface area contributed by atoms with Crippen molar-refractivity contribution in [2.75, 3.05) is 29.7 Å². The molecule has 1 saturated heterocycles. The predicted molar refractivity (Wildman–Crippen MR) is 78.8 cm³/mol. The Morgan fingerprint density at radius 2 is 2.05 bits per heavy atom. The first-order valence-corrected chi connectivity index (χ1v) is 8.60. The van der Waals surface area contributed by atoms with Crippen molar-refractivity contribution in [2.24, 2.45) is 5.92 Å². The van der Waals surface area contributed by atoms with E-state index in [-0.39, 0.29) is 11.7 Å². The summed E-state index contributed by atoms with van der Waals surface area (Å²) in [6, 6.07) is 5.75. The lowest BCUT2D eigenvalue weighted by molar-refractivity contribution is 0.401. The van der Waals surface area contributed by atoms with Crippen LogP contribution in [0, 0.1) is 11.7 Å². The summed E-state index contributed by atoms with van der Waals surface area (Å²) in [7, 11) is -3.40. The number of nitrogens with one attached hydrogen (secondary N) is 1. The van der Waals surface area contributed by atoms with Gasteiger partial charge in [0, 0.05) is 6.54 Å². The number of hydrogen-bond acceptors (Lipinski definition) is 3. The molecule has 0 aliphatic carbocycles. The SMILES string of the molecule is CCN(c1cccc(F)c1)S(=O)(=O)CC1CCNCC1. The Kier molecular flexibility index (Phi) is 4.99. The first kappa shape index (κ1) is 15.3. The van der Waals surface area contributed by atoms with Gasteiger partial charge in [0.05, 0.1) is 11.4 Å². The molecule has 0 unspecified atom stereocenters. The molecule has 0 bridgehead atoms. The Balaban J connectivity index is 2.16. The molecule has 6 heteroatoms. The summed E-state index contributed by atoms with van der Waals surface area (Å²) in [6.45, 7) is 3.82. The molecule has 1 N–H and O–H groups in total. The molecule has 0 spiro atoms. The second-order valence-corrected chi connectivity index (χ2v) is 7.05. The van der Waals surface area contributed by atoms with Gasteiger partial charge in [-0.1, -0.05) is 6.07 Å². The zero-order valence-corrected chi connectivity index (χ0v) is 12.5. The minimum absolute atomic E-state index is 0.138. The molecule has 0 radical (unpaired) electrons. The number of anilines is 1. The number of benzene rings is 1. The molecule has 1 heterocycles. The van der Waals surface area contributed by atoms with Crippen molar-refractivity contribution in [1.82, 2.24) is 5.32 Å². The average molecular weight is 300 g/mol. The van der Waals surface area contributed by atoms with E-state index in [4.69, 9.17) is 0 Å². The molecule has 1 aliphatic rings. The maximum absolute atomic E-state index is 13.3. The van der Waals surface area contributed by atoms with Crippen molar-refractivity contribution in [1.29, 1.82) is 0 Å². The fourth-order valence-electron chi connectivity index (χ4n) is 2.61. The topological polar surface area (TPSA) is 49.4 Å². The standard InChI is InChI=1S/C14H21FN2O2S/c1-2-17(14-5-3-4-13(15)10-14)20(18,19)11-12-6-8-16-9-7-12/h3-5,10,12,16H,2,6-9,11H2,1H3. The molecule has 0 aromatic heterocycles. The maximum Gasteiger partial charge on any atom is 0.235 e. The molecular formula is C14H21FN2O2S. The van der Waals surface area contributed by atoms with E-state index >= 15 is 0 Å². The van der Waals surface area contributed by atoms with Crippen molar-refractivity contribution in [3.05, 3.63) is 30.1 Å². The summed E-state index contributed by atoms with van der Waals surface area (Å²) in [5, 5.41) is 3.22. The van der Waals surface area contributed by atoms with Crippen molar-refractivity contribution in [3.8, 4) is 0 Å². The molecule has 0 atom stereocenters. The number of rotatable bonds is 5. The molecule has 112 valence electrons. The average Bonchev–Trinajstić information content (AvgIpc) is 2.39. The number of halogens is 1. The summed E-state index contributed by atoms with van der Waals surface area (Å²) in [4.78, 5) is 0. The van der Waals surface area contributed by atoms with Gasteiger partial charge in [0.2, 0.25) is 10.0 Å². The highest BCUT2D eigenvalue weighted by molar-refractivity contribution is 7.92. The minimum Gasteiger partial charge on any atom is -0.317 e. The number of sulfonamides is 1. The van der Waals surface area contributed by atoms with Crippen LogP contribution in [0.15, 0.2) is 24.3 Å². The molecule has 1 aliphatic heterocycles. The lowest BCUT2D eigenvalue weighted by Gasteiger charge is -2.28. The lowest BCUT2D eigenvalue weighted by Crippen LogP contribution is -2.38. The molecule has 1 fully saturated rings. The number of piperidine rings is 1. The quantitative estimate of drug-likeness (QED) is 0.904. The van der Waals surface area contributed by atoms with Gasteiger partial charge in [0.25, 0.3) is 0 Å². The van der Waals surface area contributed by atoms with Crippen molar-refractivity contribution in [2.45, 2.75) is 19.8 Å². The smallest absolute Gasteiger partial charge is 0.235 e. The third-order valence-electron chi connectivity index (χ3n) is 3.62. The van der Waals surface area contributed by atoms with Gasteiger partial charge in [-0.15, -0.1) is 0 Å². The molecule has 2 rings (SSSR count). The van der Waals surface area contributed by atoms with Gasteiger partial charge in [-0.05, 0) is 57.0 Å². The van der Waals surface area contributed by atoms with Gasteiger partial charge in [0.15, 0.2) is 0 Å². The minimum atomic E-state index is -3.40. The summed E-state index contributed by atoms with van der Waals surface area (Å²) in [5.41, 5.74) is 0.404. The lowest BCUT2D eigenvalue weighted by atomic mass is 10.0. The highest BCUT2D eigenvalue weighted by Gasteiger charge is 2.26. The fourth-order valence-corrected chi connectivity index (χ4v) is 4.54. The van der Waals surface area contributed by atoms with Crippen molar-refractivity contribution >= 4 is 15.7 Å². The van der Waals surface area contributed by atoms with E-state index < -0.39 is 15.8 Å². The zero-order valence-electron chi connectivity index (χ0n) is 11.7. The van der Waals surface area contributed by atoms with Gasteiger partial charge in [-0.25, -0.2) is 12.8 Å². The molecule has 20 heavy (non-hydrogen) atoms. The summed E-state index contributed by atoms with van der Waals surface area (Å²) >= 11 is 0. The van der Waals surface area contributed by atoms with E-state index in [0.717, 1.165) is 25.9 Å². The first-order chi connectivity index (χ1) is 9.53. The molecule has 1 aromatic carbocycles. The van der Waals surface area contributed by atoms with Crippen molar-refractivity contribution < 1.29 is 12.8 Å². The number of hydrogen-bond donors (Lipinski definition) is 1. The second kappa shape index (κ2) is 6.54. The largest absolute Gasteiger partial charge is 0.317 e. The highest BCUT2D eigenvalue weighted by atomic mass is 32.2. The van der Waals surface area contributed by atoms with Gasteiger partial charge < -0.3 is 5.32 Å². The van der Waals surface area contributed by atoms with Crippen molar-refractivity contribution in [3.63, 3.8) is 0 Å². The summed E-state index contributed by atoms with van der Waals surface area (Å²) in [5.74, 6) is -0.0964. The summed E-state index contributed by atoms with van der Waals surface area (Å²) in [6.07, 6.45) is 1.75. The van der Waals surface area contributed by atoms with Crippen LogP contribution in [0.4, 0.5) is 10.1 Å². The van der Waals surface area contributed by atoms with Gasteiger partial charge in [0.1, 0.15) is 5.82 Å². The van der Waals surface area contributed by atoms with Gasteiger partial charge in [-0.3, -0.25) is 4.31 Å². The van der Waals surface area contributed by atoms with Crippen LogP contribution in [0.3, 0.4) is 0 Å². The van der Waals surface area contributed by atoms with Crippen LogP contribution in [0.2, 0.25) is 0 Å². The monoisotopic (exact) mass is 300 g/mol. The van der Waals surface area contributed by atoms with Crippen LogP contribution >= 0.6 is 0 Å². The van der Waals surface area contributed by atoms with Gasteiger partial charge in [-0.2, -0.15) is 0 Å². The Bertz CT molecular complexity index is 542. The fraction of sp³-hybridized carbons (Fsp3) is 0.571. The van der Waals surface area contributed by atoms with Crippen LogP contribution < -0.4 is 9.62 Å². The summed E-state index contributed by atoms with van der Waals surface area (Å²) < 4.78 is 39.6. The van der Waals surface area contributed by atoms with Crippen LogP contribution in [0.5, 0.6) is 0 Å². The third kappa shape index (κ3) is 3.70. The normalized spacial score (nSPS) is 17.1. The van der Waals surface area contributed by atoms with Crippen LogP contribution in [0.1, 0.15) is 19.8 Å². The predicted octanol–water partition coefficient (Wildman–Crippen LogP) is 1.98. The van der Waals surface area contributed by atoms with E-state index in [0.29, 0.717) is 12.2 Å². The zero-order chi connectivity index (χ0) is 14.6. The Morgan fingerprint density at radius 1 is 1.35 bits per heavy atom. The molecule has 1 aromatic rings. The Morgan fingerprint density at radius 3 is 2.65 bits per heavy atom. The van der Waals surface area contributed by atoms with E-state index in [1.54, 1.807) is 13.0 Å². The third-order valence-corrected chi connectivity index (χ3v) is 5.66. The van der Waals surface area contributed by atoms with E-state index in [1.165, 1.54) is 22.5 Å². The van der Waals surface area contributed by atoms with Crippen LogP contribution in [-0.4, -0.2) is 33.8 Å². The number of nitrogens with zero attached hydrogens (tertiary/aromatic N) is 1. The molecule has 4 nitrogen and oxygen atoms in total. The first-order valence-electron chi connectivity index (χ1n) is 6.99. The van der Waals surface area contributed by atoms with E-state index in [9.17, 15) is 12.8 Å². The van der Waals surface area contributed by atoms with E-state index in [1.807, 2.05) is 0 Å². The highest BCUT2D eigenvalue weighted by Crippen LogP contribution is 2.22. The molecular weight excluding hydrogens is 279 g/mol. The van der Waals surface area contributed by atoms with Crippen LogP contribution in [0.25, 0.3) is 0 Å².